The maximum absolute atomic E-state index is 12.2. The van der Waals surface area contributed by atoms with E-state index >= 15 is 0 Å². The molecular formula is C13H9BrClIN2O. The molecule has 6 heteroatoms. The van der Waals surface area contributed by atoms with E-state index in [2.05, 4.69) is 48.8 Å². The number of nitrogens with one attached hydrogen (secondary N) is 1. The zero-order chi connectivity index (χ0) is 14.0. The molecule has 0 unspecified atom stereocenters. The largest absolute Gasteiger partial charge is 0.319 e. The van der Waals surface area contributed by atoms with Crippen molar-refractivity contribution >= 4 is 61.7 Å². The van der Waals surface area contributed by atoms with Crippen molar-refractivity contribution in [3.8, 4) is 0 Å². The average Bonchev–Trinajstić information content (AvgIpc) is 2.36. The van der Waals surface area contributed by atoms with Crippen molar-refractivity contribution < 1.29 is 4.79 Å². The number of pyridine rings is 1. The molecule has 3 nitrogen and oxygen atoms in total. The number of benzene rings is 1. The Labute approximate surface area is 138 Å². The Hall–Kier alpha value is -0.660. The van der Waals surface area contributed by atoms with Crippen LogP contribution in [0.1, 0.15) is 15.9 Å². The predicted octanol–water partition coefficient (Wildman–Crippen LogP) is 4.66. The van der Waals surface area contributed by atoms with Crippen LogP contribution in [0, 0.1) is 10.5 Å². The molecular weight excluding hydrogens is 442 g/mol. The van der Waals surface area contributed by atoms with Gasteiger partial charge in [0.05, 0.1) is 11.3 Å². The first-order valence-corrected chi connectivity index (χ1v) is 7.61. The molecule has 2 rings (SSSR count). The van der Waals surface area contributed by atoms with Gasteiger partial charge in [-0.2, -0.15) is 0 Å². The van der Waals surface area contributed by atoms with Crippen LogP contribution in [0.3, 0.4) is 0 Å². The summed E-state index contributed by atoms with van der Waals surface area (Å²) in [5, 5.41) is 3.06. The van der Waals surface area contributed by atoms with E-state index in [1.807, 2.05) is 19.1 Å². The SMILES string of the molecule is Cc1cnc(Cl)c(NC(=O)c2cc(Br)ccc2I)c1. The molecule has 1 amide bonds. The van der Waals surface area contributed by atoms with Crippen LogP contribution in [0.25, 0.3) is 0 Å². The highest BCUT2D eigenvalue weighted by molar-refractivity contribution is 14.1. The Morgan fingerprint density at radius 3 is 2.89 bits per heavy atom. The highest BCUT2D eigenvalue weighted by atomic mass is 127. The number of hydrogen-bond acceptors (Lipinski definition) is 2. The number of carbonyl (C=O) groups excluding carboxylic acids is 1. The summed E-state index contributed by atoms with van der Waals surface area (Å²) in [5.41, 5.74) is 2.04. The molecule has 0 saturated heterocycles. The highest BCUT2D eigenvalue weighted by Gasteiger charge is 2.13. The van der Waals surface area contributed by atoms with Crippen LogP contribution in [0.15, 0.2) is 34.9 Å². The first-order chi connectivity index (χ1) is 8.97. The fraction of sp³-hybridized carbons (Fsp3) is 0.0769. The maximum atomic E-state index is 12.2. The third kappa shape index (κ3) is 3.67. The lowest BCUT2D eigenvalue weighted by Gasteiger charge is -2.09. The average molecular weight is 451 g/mol. The number of nitrogens with zero attached hydrogens (tertiary/aromatic N) is 1. The van der Waals surface area contributed by atoms with Gasteiger partial charge in [-0.05, 0) is 59.3 Å². The zero-order valence-corrected chi connectivity index (χ0v) is 14.4. The van der Waals surface area contributed by atoms with Gasteiger partial charge in [-0.3, -0.25) is 4.79 Å². The number of aryl methyl sites for hydroxylation is 1. The van der Waals surface area contributed by atoms with Crippen molar-refractivity contribution in [2.75, 3.05) is 5.32 Å². The van der Waals surface area contributed by atoms with E-state index < -0.39 is 0 Å². The smallest absolute Gasteiger partial charge is 0.256 e. The molecule has 1 aromatic carbocycles. The molecule has 0 aliphatic carbocycles. The number of amides is 1. The van der Waals surface area contributed by atoms with Gasteiger partial charge in [-0.25, -0.2) is 4.98 Å². The number of halogens is 3. The lowest BCUT2D eigenvalue weighted by atomic mass is 10.2. The molecule has 1 heterocycles. The summed E-state index contributed by atoms with van der Waals surface area (Å²) in [6.45, 7) is 1.89. The van der Waals surface area contributed by atoms with Crippen LogP contribution in [0.4, 0.5) is 5.69 Å². The summed E-state index contributed by atoms with van der Waals surface area (Å²) in [6.07, 6.45) is 1.65. The van der Waals surface area contributed by atoms with E-state index in [9.17, 15) is 4.79 Å². The summed E-state index contributed by atoms with van der Waals surface area (Å²) in [5.74, 6) is -0.208. The monoisotopic (exact) mass is 450 g/mol. The molecule has 1 aromatic heterocycles. The summed E-state index contributed by atoms with van der Waals surface area (Å²) < 4.78 is 1.72. The van der Waals surface area contributed by atoms with E-state index in [0.29, 0.717) is 11.3 Å². The molecule has 98 valence electrons. The van der Waals surface area contributed by atoms with Gasteiger partial charge in [0, 0.05) is 14.2 Å². The molecule has 0 aliphatic rings. The van der Waals surface area contributed by atoms with Crippen molar-refractivity contribution in [1.82, 2.24) is 4.98 Å². The lowest BCUT2D eigenvalue weighted by molar-refractivity contribution is 0.102. The zero-order valence-electron chi connectivity index (χ0n) is 9.88. The number of hydrogen-bond donors (Lipinski definition) is 1. The van der Waals surface area contributed by atoms with Gasteiger partial charge in [0.25, 0.3) is 5.91 Å². The second-order valence-corrected chi connectivity index (χ2v) is 6.37. The fourth-order valence-electron chi connectivity index (χ4n) is 1.50. The minimum absolute atomic E-state index is 0.208. The topological polar surface area (TPSA) is 42.0 Å². The van der Waals surface area contributed by atoms with E-state index in [4.69, 9.17) is 11.6 Å². The summed E-state index contributed by atoms with van der Waals surface area (Å²) >= 11 is 11.4. The number of aromatic nitrogens is 1. The fourth-order valence-corrected chi connectivity index (χ4v) is 2.59. The standard InChI is InChI=1S/C13H9BrClIN2O/c1-7-4-11(12(15)17-6-7)18-13(19)9-5-8(14)2-3-10(9)16/h2-6H,1H3,(H,18,19). The van der Waals surface area contributed by atoms with Gasteiger partial charge in [-0.1, -0.05) is 27.5 Å². The first-order valence-electron chi connectivity index (χ1n) is 5.36. The van der Waals surface area contributed by atoms with E-state index in [0.717, 1.165) is 13.6 Å². The quantitative estimate of drug-likeness (QED) is 0.533. The Kier molecular flexibility index (Phi) is 4.81. The number of carbonyl (C=O) groups is 1. The first kappa shape index (κ1) is 14.7. The summed E-state index contributed by atoms with van der Waals surface area (Å²) in [7, 11) is 0. The highest BCUT2D eigenvalue weighted by Crippen LogP contribution is 2.23. The van der Waals surface area contributed by atoms with E-state index in [1.165, 1.54) is 0 Å². The van der Waals surface area contributed by atoms with Crippen molar-refractivity contribution in [3.05, 3.63) is 54.8 Å². The van der Waals surface area contributed by atoms with Crippen molar-refractivity contribution in [2.24, 2.45) is 0 Å². The Morgan fingerprint density at radius 1 is 1.42 bits per heavy atom. The van der Waals surface area contributed by atoms with Crippen molar-refractivity contribution in [2.45, 2.75) is 6.92 Å². The van der Waals surface area contributed by atoms with Crippen LogP contribution in [0.2, 0.25) is 5.15 Å². The molecule has 2 aromatic rings. The van der Waals surface area contributed by atoms with Crippen molar-refractivity contribution in [1.29, 1.82) is 0 Å². The molecule has 0 radical (unpaired) electrons. The molecule has 1 N–H and O–H groups in total. The van der Waals surface area contributed by atoms with Gasteiger partial charge in [-0.15, -0.1) is 0 Å². The molecule has 0 aliphatic heterocycles. The normalized spacial score (nSPS) is 10.3. The van der Waals surface area contributed by atoms with Gasteiger partial charge >= 0.3 is 0 Å². The Bertz CT molecular complexity index is 649. The molecule has 0 atom stereocenters. The number of rotatable bonds is 2. The van der Waals surface area contributed by atoms with Crippen LogP contribution < -0.4 is 5.32 Å². The molecule has 0 fully saturated rings. The molecule has 0 bridgehead atoms. The minimum atomic E-state index is -0.208. The van der Waals surface area contributed by atoms with Crippen LogP contribution in [-0.2, 0) is 0 Å². The second kappa shape index (κ2) is 6.19. The van der Waals surface area contributed by atoms with Gasteiger partial charge < -0.3 is 5.32 Å². The van der Waals surface area contributed by atoms with Crippen LogP contribution >= 0.6 is 50.1 Å². The van der Waals surface area contributed by atoms with Crippen LogP contribution in [-0.4, -0.2) is 10.9 Å². The maximum Gasteiger partial charge on any atom is 0.256 e. The van der Waals surface area contributed by atoms with Crippen LogP contribution in [0.5, 0.6) is 0 Å². The molecule has 19 heavy (non-hydrogen) atoms. The third-order valence-corrected chi connectivity index (χ3v) is 4.13. The van der Waals surface area contributed by atoms with Gasteiger partial charge in [0.2, 0.25) is 0 Å². The summed E-state index contributed by atoms with van der Waals surface area (Å²) in [4.78, 5) is 16.2. The molecule has 0 spiro atoms. The Morgan fingerprint density at radius 2 is 2.16 bits per heavy atom. The lowest BCUT2D eigenvalue weighted by Crippen LogP contribution is -2.14. The summed E-state index contributed by atoms with van der Waals surface area (Å²) in [6, 6.07) is 7.32. The van der Waals surface area contributed by atoms with Gasteiger partial charge in [0.15, 0.2) is 5.15 Å². The predicted molar refractivity (Wildman–Crippen MR) is 88.8 cm³/mol. The van der Waals surface area contributed by atoms with E-state index in [-0.39, 0.29) is 11.1 Å². The Balaban J connectivity index is 2.30. The number of anilines is 1. The van der Waals surface area contributed by atoms with E-state index in [1.54, 1.807) is 18.3 Å². The van der Waals surface area contributed by atoms with Crippen molar-refractivity contribution in [3.63, 3.8) is 0 Å². The van der Waals surface area contributed by atoms with Gasteiger partial charge in [0.1, 0.15) is 0 Å². The second-order valence-electron chi connectivity index (χ2n) is 3.93. The minimum Gasteiger partial charge on any atom is -0.319 e. The third-order valence-electron chi connectivity index (χ3n) is 2.40. The molecule has 0 saturated carbocycles.